The Kier molecular flexibility index (Phi) is 2.40. The van der Waals surface area contributed by atoms with E-state index in [-0.39, 0.29) is 5.69 Å². The molecular weight excluding hydrogens is 218 g/mol. The van der Waals surface area contributed by atoms with Gasteiger partial charge < -0.3 is 9.67 Å². The maximum atomic E-state index is 13.5. The fraction of sp³-hybridized carbons (Fsp3) is 0. The number of benzene rings is 1. The lowest BCUT2D eigenvalue weighted by Crippen LogP contribution is -2.04. The van der Waals surface area contributed by atoms with Crippen LogP contribution in [0.5, 0.6) is 0 Å². The van der Waals surface area contributed by atoms with Crippen LogP contribution in [0.1, 0.15) is 10.4 Å². The second kappa shape index (κ2) is 3.73. The Balaban J connectivity index is 2.61. The Morgan fingerprint density at radius 3 is 2.38 bits per heavy atom. The van der Waals surface area contributed by atoms with E-state index in [0.29, 0.717) is 0 Å². The van der Waals surface area contributed by atoms with Crippen molar-refractivity contribution < 1.29 is 18.7 Å². The number of nitrogens with zero attached hydrogens (tertiary/aromatic N) is 2. The van der Waals surface area contributed by atoms with E-state index in [9.17, 15) is 13.6 Å². The summed E-state index contributed by atoms with van der Waals surface area (Å²) in [5, 5.41) is 8.60. The summed E-state index contributed by atoms with van der Waals surface area (Å²) in [4.78, 5) is 14.2. The van der Waals surface area contributed by atoms with Crippen LogP contribution < -0.4 is 0 Å². The largest absolute Gasteiger partial charge is 0.478 e. The number of carboxylic acid groups (broad SMARTS) is 1. The first-order valence-electron chi connectivity index (χ1n) is 4.30. The van der Waals surface area contributed by atoms with Gasteiger partial charge in [-0.15, -0.1) is 0 Å². The van der Waals surface area contributed by atoms with Crippen LogP contribution in [-0.2, 0) is 0 Å². The van der Waals surface area contributed by atoms with Gasteiger partial charge in [-0.1, -0.05) is 0 Å². The Bertz CT molecular complexity index is 515. The van der Waals surface area contributed by atoms with E-state index >= 15 is 0 Å². The number of aromatic nitrogens is 2. The first kappa shape index (κ1) is 10.3. The molecule has 0 amide bonds. The zero-order valence-electron chi connectivity index (χ0n) is 7.89. The van der Waals surface area contributed by atoms with Gasteiger partial charge in [0.15, 0.2) is 11.6 Å². The third-order valence-corrected chi connectivity index (χ3v) is 2.03. The molecule has 2 aromatic rings. The predicted molar refractivity (Wildman–Crippen MR) is 50.4 cm³/mol. The molecule has 0 atom stereocenters. The van der Waals surface area contributed by atoms with Crippen LogP contribution in [0.2, 0.25) is 0 Å². The minimum atomic E-state index is -1.38. The fourth-order valence-electron chi connectivity index (χ4n) is 1.33. The lowest BCUT2D eigenvalue weighted by molar-refractivity contribution is 0.0695. The molecule has 1 N–H and O–H groups in total. The summed E-state index contributed by atoms with van der Waals surface area (Å²) in [6.45, 7) is 0. The standard InChI is InChI=1S/C10H6F2N2O2/c11-7-3-6(10(15)16)4-8(12)9(7)14-2-1-13-5-14/h1-5H,(H,15,16). The highest BCUT2D eigenvalue weighted by atomic mass is 19.1. The van der Waals surface area contributed by atoms with Crippen molar-refractivity contribution in [2.75, 3.05) is 0 Å². The molecule has 0 radical (unpaired) electrons. The van der Waals surface area contributed by atoms with Gasteiger partial charge in [0.25, 0.3) is 0 Å². The van der Waals surface area contributed by atoms with Crippen molar-refractivity contribution in [3.63, 3.8) is 0 Å². The van der Waals surface area contributed by atoms with Crippen molar-refractivity contribution in [3.8, 4) is 5.69 Å². The zero-order valence-corrected chi connectivity index (χ0v) is 7.89. The van der Waals surface area contributed by atoms with Gasteiger partial charge in [0.05, 0.1) is 11.9 Å². The average Bonchev–Trinajstić information content (AvgIpc) is 2.69. The molecule has 0 aliphatic rings. The second-order valence-electron chi connectivity index (χ2n) is 3.06. The predicted octanol–water partition coefficient (Wildman–Crippen LogP) is 1.85. The maximum absolute atomic E-state index is 13.5. The van der Waals surface area contributed by atoms with Crippen molar-refractivity contribution in [3.05, 3.63) is 48.1 Å². The molecule has 0 spiro atoms. The lowest BCUT2D eigenvalue weighted by atomic mass is 10.2. The van der Waals surface area contributed by atoms with Crippen molar-refractivity contribution in [2.45, 2.75) is 0 Å². The molecular formula is C10H6F2N2O2. The van der Waals surface area contributed by atoms with Gasteiger partial charge in [-0.2, -0.15) is 0 Å². The molecule has 82 valence electrons. The van der Waals surface area contributed by atoms with Gasteiger partial charge >= 0.3 is 5.97 Å². The number of aromatic carboxylic acids is 1. The Morgan fingerprint density at radius 2 is 1.94 bits per heavy atom. The Hall–Kier alpha value is -2.24. The molecule has 0 fully saturated rings. The summed E-state index contributed by atoms with van der Waals surface area (Å²) >= 11 is 0. The van der Waals surface area contributed by atoms with E-state index in [2.05, 4.69) is 4.98 Å². The van der Waals surface area contributed by atoms with Crippen LogP contribution >= 0.6 is 0 Å². The molecule has 0 aliphatic carbocycles. The molecule has 0 aliphatic heterocycles. The molecule has 0 unspecified atom stereocenters. The zero-order chi connectivity index (χ0) is 11.7. The molecule has 16 heavy (non-hydrogen) atoms. The van der Waals surface area contributed by atoms with E-state index in [0.717, 1.165) is 16.7 Å². The number of halogens is 2. The van der Waals surface area contributed by atoms with E-state index < -0.39 is 23.2 Å². The summed E-state index contributed by atoms with van der Waals surface area (Å²) in [5.74, 6) is -3.28. The molecule has 1 heterocycles. The number of hydrogen-bond acceptors (Lipinski definition) is 2. The minimum absolute atomic E-state index is 0.345. The molecule has 0 bridgehead atoms. The van der Waals surface area contributed by atoms with Crippen LogP contribution in [0, 0.1) is 11.6 Å². The number of rotatable bonds is 2. The van der Waals surface area contributed by atoms with Gasteiger partial charge in [-0.05, 0) is 12.1 Å². The van der Waals surface area contributed by atoms with Crippen molar-refractivity contribution in [2.24, 2.45) is 0 Å². The van der Waals surface area contributed by atoms with Crippen molar-refractivity contribution >= 4 is 5.97 Å². The van der Waals surface area contributed by atoms with E-state index in [1.165, 1.54) is 18.7 Å². The second-order valence-corrected chi connectivity index (χ2v) is 3.06. The first-order valence-corrected chi connectivity index (χ1v) is 4.30. The van der Waals surface area contributed by atoms with Crippen molar-refractivity contribution in [1.82, 2.24) is 9.55 Å². The summed E-state index contributed by atoms with van der Waals surface area (Å²) in [5.41, 5.74) is -0.777. The number of imidazole rings is 1. The minimum Gasteiger partial charge on any atom is -0.478 e. The van der Waals surface area contributed by atoms with Crippen LogP contribution in [-0.4, -0.2) is 20.6 Å². The smallest absolute Gasteiger partial charge is 0.335 e. The number of hydrogen-bond donors (Lipinski definition) is 1. The SMILES string of the molecule is O=C(O)c1cc(F)c(-n2ccnc2)c(F)c1. The summed E-state index contributed by atoms with van der Waals surface area (Å²) < 4.78 is 28.1. The number of carbonyl (C=O) groups is 1. The summed E-state index contributed by atoms with van der Waals surface area (Å²) in [6.07, 6.45) is 3.95. The molecule has 6 heteroatoms. The van der Waals surface area contributed by atoms with Crippen LogP contribution in [0.3, 0.4) is 0 Å². The molecule has 0 saturated carbocycles. The Labute approximate surface area is 88.8 Å². The summed E-state index contributed by atoms with van der Waals surface area (Å²) in [7, 11) is 0. The topological polar surface area (TPSA) is 55.1 Å². The first-order chi connectivity index (χ1) is 7.59. The van der Waals surface area contributed by atoms with Crippen molar-refractivity contribution in [1.29, 1.82) is 0 Å². The third-order valence-electron chi connectivity index (χ3n) is 2.03. The van der Waals surface area contributed by atoms with Gasteiger partial charge in [0, 0.05) is 12.4 Å². The van der Waals surface area contributed by atoms with E-state index in [1.807, 2.05) is 0 Å². The third kappa shape index (κ3) is 1.65. The highest BCUT2D eigenvalue weighted by Gasteiger charge is 2.15. The van der Waals surface area contributed by atoms with Gasteiger partial charge in [0.1, 0.15) is 5.69 Å². The van der Waals surface area contributed by atoms with Crippen LogP contribution in [0.15, 0.2) is 30.9 Å². The van der Waals surface area contributed by atoms with Crippen LogP contribution in [0.4, 0.5) is 8.78 Å². The highest BCUT2D eigenvalue weighted by molar-refractivity contribution is 5.87. The number of carboxylic acids is 1. The molecule has 0 saturated heterocycles. The monoisotopic (exact) mass is 224 g/mol. The van der Waals surface area contributed by atoms with Gasteiger partial charge in [-0.3, -0.25) is 0 Å². The van der Waals surface area contributed by atoms with E-state index in [1.54, 1.807) is 0 Å². The van der Waals surface area contributed by atoms with Crippen LogP contribution in [0.25, 0.3) is 5.69 Å². The van der Waals surface area contributed by atoms with Gasteiger partial charge in [-0.25, -0.2) is 18.6 Å². The lowest BCUT2D eigenvalue weighted by Gasteiger charge is -2.06. The van der Waals surface area contributed by atoms with Gasteiger partial charge in [0.2, 0.25) is 0 Å². The molecule has 4 nitrogen and oxygen atoms in total. The molecule has 1 aromatic carbocycles. The quantitative estimate of drug-likeness (QED) is 0.846. The molecule has 2 rings (SSSR count). The summed E-state index contributed by atoms with van der Waals surface area (Å²) in [6, 6.07) is 1.53. The fourth-order valence-corrected chi connectivity index (χ4v) is 1.33. The normalized spacial score (nSPS) is 10.4. The molecule has 1 aromatic heterocycles. The van der Waals surface area contributed by atoms with E-state index in [4.69, 9.17) is 5.11 Å². The highest BCUT2D eigenvalue weighted by Crippen LogP contribution is 2.19. The average molecular weight is 224 g/mol. The maximum Gasteiger partial charge on any atom is 0.335 e. The Morgan fingerprint density at radius 1 is 1.31 bits per heavy atom.